The topological polar surface area (TPSA) is 51.2 Å². The predicted molar refractivity (Wildman–Crippen MR) is 94.1 cm³/mol. The van der Waals surface area contributed by atoms with Crippen LogP contribution in [0.15, 0.2) is 36.4 Å². The fourth-order valence-electron chi connectivity index (χ4n) is 3.85. The van der Waals surface area contributed by atoms with Crippen molar-refractivity contribution < 1.29 is 19.3 Å². The molecule has 132 valence electrons. The number of ether oxygens (including phenoxy) is 3. The smallest absolute Gasteiger partial charge is 0.231 e. The molecule has 1 saturated heterocycles. The summed E-state index contributed by atoms with van der Waals surface area (Å²) >= 11 is 0. The van der Waals surface area contributed by atoms with Crippen LogP contribution < -0.4 is 14.2 Å². The van der Waals surface area contributed by atoms with E-state index in [4.69, 9.17) is 14.2 Å². The molecule has 4 rings (SSSR count). The van der Waals surface area contributed by atoms with Crippen LogP contribution in [0.25, 0.3) is 0 Å². The number of rotatable bonds is 4. The summed E-state index contributed by atoms with van der Waals surface area (Å²) in [6.45, 7) is 4.49. The first-order valence-electron chi connectivity index (χ1n) is 8.56. The summed E-state index contributed by atoms with van der Waals surface area (Å²) in [6, 6.07) is 12.1. The quantitative estimate of drug-likeness (QED) is 0.927. The van der Waals surface area contributed by atoms with Crippen LogP contribution in [-0.4, -0.2) is 37.0 Å². The number of hydrogen-bond acceptors (Lipinski definition) is 5. The minimum atomic E-state index is -0.786. The molecular weight excluding hydrogens is 318 g/mol. The highest BCUT2D eigenvalue weighted by molar-refractivity contribution is 5.55. The van der Waals surface area contributed by atoms with Crippen molar-refractivity contribution in [2.24, 2.45) is 0 Å². The average molecular weight is 341 g/mol. The van der Waals surface area contributed by atoms with E-state index >= 15 is 0 Å². The van der Waals surface area contributed by atoms with Gasteiger partial charge in [-0.25, -0.2) is 0 Å². The van der Waals surface area contributed by atoms with Crippen molar-refractivity contribution in [2.75, 3.05) is 27.0 Å². The molecular formula is C20H23NO4. The van der Waals surface area contributed by atoms with E-state index in [1.807, 2.05) is 30.3 Å². The van der Waals surface area contributed by atoms with Crippen LogP contribution in [0.1, 0.15) is 23.1 Å². The van der Waals surface area contributed by atoms with Gasteiger partial charge in [0.15, 0.2) is 11.5 Å². The number of aryl methyl sites for hydroxylation is 1. The van der Waals surface area contributed by atoms with E-state index in [9.17, 15) is 5.11 Å². The van der Waals surface area contributed by atoms with Gasteiger partial charge in [0.1, 0.15) is 5.60 Å². The van der Waals surface area contributed by atoms with Crippen LogP contribution in [0.2, 0.25) is 0 Å². The minimum absolute atomic E-state index is 0.228. The van der Waals surface area contributed by atoms with Crippen LogP contribution in [0.3, 0.4) is 0 Å². The van der Waals surface area contributed by atoms with E-state index in [1.165, 1.54) is 0 Å². The van der Waals surface area contributed by atoms with Gasteiger partial charge in [-0.2, -0.15) is 0 Å². The van der Waals surface area contributed by atoms with E-state index < -0.39 is 5.60 Å². The lowest BCUT2D eigenvalue weighted by Crippen LogP contribution is -2.31. The largest absolute Gasteiger partial charge is 0.493 e. The van der Waals surface area contributed by atoms with Crippen molar-refractivity contribution in [3.8, 4) is 17.2 Å². The number of fused-ring (bicyclic) bond motifs is 1. The molecule has 1 fully saturated rings. The second-order valence-electron chi connectivity index (χ2n) is 6.84. The standard InChI is InChI=1S/C20H23NO4/c1-14-5-3-4-6-16(14)20(22)7-8-21(12-20)11-15-9-17(23-2)19-18(10-15)24-13-25-19/h3-6,9-10,22H,7-8,11-13H2,1-2H3/t20-/m0/s1. The van der Waals surface area contributed by atoms with Crippen LogP contribution >= 0.6 is 0 Å². The number of benzene rings is 2. The molecule has 1 atom stereocenters. The molecule has 0 radical (unpaired) electrons. The monoisotopic (exact) mass is 341 g/mol. The average Bonchev–Trinajstić information content (AvgIpc) is 3.22. The van der Waals surface area contributed by atoms with E-state index in [0.29, 0.717) is 18.0 Å². The molecule has 5 nitrogen and oxygen atoms in total. The molecule has 0 spiro atoms. The van der Waals surface area contributed by atoms with Gasteiger partial charge in [0.05, 0.1) is 7.11 Å². The molecule has 5 heteroatoms. The van der Waals surface area contributed by atoms with Gasteiger partial charge in [0.2, 0.25) is 12.5 Å². The third-order valence-corrected chi connectivity index (χ3v) is 5.10. The SMILES string of the molecule is COc1cc(CN2CC[C@@](O)(c3ccccc3C)C2)cc2c1OCO2. The summed E-state index contributed by atoms with van der Waals surface area (Å²) in [5.74, 6) is 2.09. The maximum absolute atomic E-state index is 11.1. The maximum Gasteiger partial charge on any atom is 0.231 e. The van der Waals surface area contributed by atoms with Gasteiger partial charge < -0.3 is 19.3 Å². The molecule has 0 amide bonds. The molecule has 0 aromatic heterocycles. The van der Waals surface area contributed by atoms with E-state index in [-0.39, 0.29) is 6.79 Å². The Morgan fingerprint density at radius 3 is 2.88 bits per heavy atom. The van der Waals surface area contributed by atoms with Gasteiger partial charge in [-0.15, -0.1) is 0 Å². The summed E-state index contributed by atoms with van der Waals surface area (Å²) in [6.07, 6.45) is 0.736. The Morgan fingerprint density at radius 1 is 1.24 bits per heavy atom. The second kappa shape index (κ2) is 6.24. The normalized spacial score (nSPS) is 22.4. The molecule has 0 unspecified atom stereocenters. The van der Waals surface area contributed by atoms with Crippen molar-refractivity contribution in [1.29, 1.82) is 0 Å². The van der Waals surface area contributed by atoms with Crippen molar-refractivity contribution in [3.05, 3.63) is 53.1 Å². The lowest BCUT2D eigenvalue weighted by molar-refractivity contribution is 0.0447. The van der Waals surface area contributed by atoms with Gasteiger partial charge >= 0.3 is 0 Å². The molecule has 0 saturated carbocycles. The van der Waals surface area contributed by atoms with Crippen LogP contribution in [0.4, 0.5) is 0 Å². The maximum atomic E-state index is 11.1. The summed E-state index contributed by atoms with van der Waals surface area (Å²) in [7, 11) is 1.63. The van der Waals surface area contributed by atoms with Crippen LogP contribution in [0.5, 0.6) is 17.2 Å². The zero-order chi connectivity index (χ0) is 17.4. The first-order valence-corrected chi connectivity index (χ1v) is 8.56. The molecule has 2 heterocycles. The number of nitrogens with zero attached hydrogens (tertiary/aromatic N) is 1. The fraction of sp³-hybridized carbons (Fsp3) is 0.400. The zero-order valence-corrected chi connectivity index (χ0v) is 14.6. The molecule has 2 aliphatic heterocycles. The van der Waals surface area contributed by atoms with Crippen molar-refractivity contribution in [1.82, 2.24) is 4.90 Å². The molecule has 2 aromatic rings. The molecule has 25 heavy (non-hydrogen) atoms. The first kappa shape index (κ1) is 16.2. The summed E-state index contributed by atoms with van der Waals surface area (Å²) in [4.78, 5) is 2.27. The van der Waals surface area contributed by atoms with Gasteiger partial charge in [0.25, 0.3) is 0 Å². The third-order valence-electron chi connectivity index (χ3n) is 5.10. The summed E-state index contributed by atoms with van der Waals surface area (Å²) in [5.41, 5.74) is 2.47. The lowest BCUT2D eigenvalue weighted by atomic mass is 9.89. The highest BCUT2D eigenvalue weighted by Crippen LogP contribution is 2.42. The number of likely N-dealkylation sites (tertiary alicyclic amines) is 1. The second-order valence-corrected chi connectivity index (χ2v) is 6.84. The Balaban J connectivity index is 1.53. The predicted octanol–water partition coefficient (Wildman–Crippen LogP) is 2.83. The third kappa shape index (κ3) is 2.94. The van der Waals surface area contributed by atoms with E-state index in [0.717, 1.165) is 42.0 Å². The van der Waals surface area contributed by atoms with Crippen molar-refractivity contribution >= 4 is 0 Å². The first-order chi connectivity index (χ1) is 12.1. The Bertz CT molecular complexity index is 791. The van der Waals surface area contributed by atoms with Gasteiger partial charge in [0, 0.05) is 19.6 Å². The van der Waals surface area contributed by atoms with Crippen molar-refractivity contribution in [2.45, 2.75) is 25.5 Å². The molecule has 0 bridgehead atoms. The van der Waals surface area contributed by atoms with Crippen LogP contribution in [0, 0.1) is 6.92 Å². The Hall–Kier alpha value is -2.24. The minimum Gasteiger partial charge on any atom is -0.493 e. The van der Waals surface area contributed by atoms with Crippen molar-refractivity contribution in [3.63, 3.8) is 0 Å². The molecule has 2 aromatic carbocycles. The van der Waals surface area contributed by atoms with Gasteiger partial charge in [-0.05, 0) is 42.2 Å². The number of aliphatic hydroxyl groups is 1. The highest BCUT2D eigenvalue weighted by atomic mass is 16.7. The Kier molecular flexibility index (Phi) is 4.06. The molecule has 0 aliphatic carbocycles. The Morgan fingerprint density at radius 2 is 2.08 bits per heavy atom. The highest BCUT2D eigenvalue weighted by Gasteiger charge is 2.38. The van der Waals surface area contributed by atoms with Gasteiger partial charge in [-0.3, -0.25) is 4.90 Å². The lowest BCUT2D eigenvalue weighted by Gasteiger charge is -2.26. The zero-order valence-electron chi connectivity index (χ0n) is 14.6. The molecule has 1 N–H and O–H groups in total. The number of methoxy groups -OCH3 is 1. The van der Waals surface area contributed by atoms with E-state index in [2.05, 4.69) is 17.9 Å². The van der Waals surface area contributed by atoms with E-state index in [1.54, 1.807) is 7.11 Å². The Labute approximate surface area is 147 Å². The molecule has 2 aliphatic rings. The van der Waals surface area contributed by atoms with Gasteiger partial charge in [-0.1, -0.05) is 24.3 Å². The number of β-amino-alcohol motifs (C(OH)–C–C–N with tert-alkyl or cyclic N) is 1. The van der Waals surface area contributed by atoms with Crippen LogP contribution in [-0.2, 0) is 12.1 Å². The fourth-order valence-corrected chi connectivity index (χ4v) is 3.85. The number of hydrogen-bond donors (Lipinski definition) is 1. The summed E-state index contributed by atoms with van der Waals surface area (Å²) < 4.78 is 16.4. The summed E-state index contributed by atoms with van der Waals surface area (Å²) in [5, 5.41) is 11.1.